The molecule has 0 spiro atoms. The fourth-order valence-corrected chi connectivity index (χ4v) is 2.53. The molecule has 2 heterocycles. The van der Waals surface area contributed by atoms with Gasteiger partial charge in [0, 0.05) is 18.4 Å². The minimum atomic E-state index is -4.43. The maximum absolute atomic E-state index is 12.7. The highest BCUT2D eigenvalue weighted by atomic mass is 19.4. The van der Waals surface area contributed by atoms with Crippen molar-refractivity contribution in [1.29, 1.82) is 0 Å². The normalized spacial score (nSPS) is 16.1. The van der Waals surface area contributed by atoms with E-state index in [9.17, 15) is 22.8 Å². The largest absolute Gasteiger partial charge is 0.408 e. The maximum Gasteiger partial charge on any atom is 0.408 e. The summed E-state index contributed by atoms with van der Waals surface area (Å²) in [4.78, 5) is 24.4. The molecule has 9 heteroatoms. The summed E-state index contributed by atoms with van der Waals surface area (Å²) in [7, 11) is 0. The first kappa shape index (κ1) is 15.3. The monoisotopic (exact) mass is 326 g/mol. The molecule has 0 bridgehead atoms. The molecule has 1 aromatic heterocycles. The minimum Gasteiger partial charge on any atom is -0.278 e. The first-order valence-corrected chi connectivity index (χ1v) is 6.90. The van der Waals surface area contributed by atoms with Gasteiger partial charge in [0.25, 0.3) is 0 Å². The number of nitrogens with zero attached hydrogens (tertiary/aromatic N) is 3. The summed E-state index contributed by atoms with van der Waals surface area (Å²) < 4.78 is 39.0. The van der Waals surface area contributed by atoms with E-state index in [1.807, 2.05) is 0 Å². The van der Waals surface area contributed by atoms with E-state index in [0.29, 0.717) is 5.39 Å². The number of benzene rings is 1. The Morgan fingerprint density at radius 3 is 2.70 bits per heavy atom. The number of carbonyl (C=O) groups excluding carboxylic acids is 2. The number of amides is 3. The number of aryl methyl sites for hydroxylation is 1. The Bertz CT molecular complexity index is 797. The van der Waals surface area contributed by atoms with Gasteiger partial charge < -0.3 is 0 Å². The van der Waals surface area contributed by atoms with Gasteiger partial charge in [0.1, 0.15) is 6.54 Å². The average molecular weight is 326 g/mol. The Labute approximate surface area is 128 Å². The summed E-state index contributed by atoms with van der Waals surface area (Å²) in [6, 6.07) is 4.22. The lowest BCUT2D eigenvalue weighted by molar-refractivity contribution is -0.141. The number of urea groups is 1. The number of carbonyl (C=O) groups is 2. The number of anilines is 1. The van der Waals surface area contributed by atoms with Gasteiger partial charge >= 0.3 is 12.2 Å². The number of alkyl halides is 3. The first-order valence-electron chi connectivity index (χ1n) is 6.90. The molecule has 122 valence electrons. The van der Waals surface area contributed by atoms with Crippen LogP contribution in [0.25, 0.3) is 10.9 Å². The molecule has 23 heavy (non-hydrogen) atoms. The molecule has 0 atom stereocenters. The standard InChI is InChI=1S/C14H13F3N4O2/c1-8-2-3-10-9(6-8)12(19-21(10)7-14(15,16)17)20-5-4-11(22)18-13(20)23/h2-3,6H,4-5,7H2,1H3,(H,18,22,23). The Morgan fingerprint density at radius 1 is 1.30 bits per heavy atom. The van der Waals surface area contributed by atoms with Crippen LogP contribution in [0.2, 0.25) is 0 Å². The molecule has 2 aromatic rings. The van der Waals surface area contributed by atoms with Crippen LogP contribution >= 0.6 is 0 Å². The van der Waals surface area contributed by atoms with Gasteiger partial charge in [-0.2, -0.15) is 18.3 Å². The van der Waals surface area contributed by atoms with Crippen molar-refractivity contribution in [3.8, 4) is 0 Å². The zero-order valence-corrected chi connectivity index (χ0v) is 12.1. The predicted molar refractivity (Wildman–Crippen MR) is 76.0 cm³/mol. The Hall–Kier alpha value is -2.58. The van der Waals surface area contributed by atoms with E-state index >= 15 is 0 Å². The summed E-state index contributed by atoms with van der Waals surface area (Å²) in [5.74, 6) is -0.292. The van der Waals surface area contributed by atoms with Crippen LogP contribution in [0.1, 0.15) is 12.0 Å². The summed E-state index contributed by atoms with van der Waals surface area (Å²) in [6.07, 6.45) is -4.35. The van der Waals surface area contributed by atoms with E-state index in [1.54, 1.807) is 25.1 Å². The smallest absolute Gasteiger partial charge is 0.278 e. The quantitative estimate of drug-likeness (QED) is 0.921. The summed E-state index contributed by atoms with van der Waals surface area (Å²) >= 11 is 0. The van der Waals surface area contributed by atoms with E-state index < -0.39 is 24.7 Å². The molecule has 1 aliphatic rings. The predicted octanol–water partition coefficient (Wildman–Crippen LogP) is 2.35. The second kappa shape index (κ2) is 5.25. The topological polar surface area (TPSA) is 67.2 Å². The van der Waals surface area contributed by atoms with Crippen molar-refractivity contribution in [3.05, 3.63) is 23.8 Å². The fourth-order valence-electron chi connectivity index (χ4n) is 2.53. The van der Waals surface area contributed by atoms with Gasteiger partial charge in [-0.25, -0.2) is 4.79 Å². The Balaban J connectivity index is 2.11. The van der Waals surface area contributed by atoms with Gasteiger partial charge in [-0.05, 0) is 19.1 Å². The Morgan fingerprint density at radius 2 is 2.04 bits per heavy atom. The number of nitrogens with one attached hydrogen (secondary N) is 1. The van der Waals surface area contributed by atoms with Crippen LogP contribution in [-0.2, 0) is 11.3 Å². The van der Waals surface area contributed by atoms with Gasteiger partial charge in [-0.1, -0.05) is 11.6 Å². The zero-order chi connectivity index (χ0) is 16.8. The van der Waals surface area contributed by atoms with Crippen LogP contribution < -0.4 is 10.2 Å². The molecule has 0 unspecified atom stereocenters. The first-order chi connectivity index (χ1) is 10.7. The van der Waals surface area contributed by atoms with E-state index in [2.05, 4.69) is 10.4 Å². The minimum absolute atomic E-state index is 0.0746. The molecule has 1 aliphatic heterocycles. The van der Waals surface area contributed by atoms with E-state index in [1.165, 1.54) is 4.90 Å². The lowest BCUT2D eigenvalue weighted by Crippen LogP contribution is -2.49. The summed E-state index contributed by atoms with van der Waals surface area (Å²) in [5.41, 5.74) is 1.12. The van der Waals surface area contributed by atoms with E-state index in [-0.39, 0.29) is 24.3 Å². The number of imide groups is 1. The van der Waals surface area contributed by atoms with Crippen molar-refractivity contribution in [1.82, 2.24) is 15.1 Å². The molecule has 1 saturated heterocycles. The number of hydrogen-bond donors (Lipinski definition) is 1. The highest BCUT2D eigenvalue weighted by Crippen LogP contribution is 2.30. The second-order valence-electron chi connectivity index (χ2n) is 5.37. The van der Waals surface area contributed by atoms with Crippen LogP contribution in [0.3, 0.4) is 0 Å². The maximum atomic E-state index is 12.7. The van der Waals surface area contributed by atoms with Crippen molar-refractivity contribution < 1.29 is 22.8 Å². The van der Waals surface area contributed by atoms with Gasteiger partial charge in [-0.15, -0.1) is 0 Å². The van der Waals surface area contributed by atoms with Crippen LogP contribution in [-0.4, -0.2) is 34.4 Å². The SMILES string of the molecule is Cc1ccc2c(c1)c(N1CCC(=O)NC1=O)nn2CC(F)(F)F. The van der Waals surface area contributed by atoms with Crippen molar-refractivity contribution in [2.24, 2.45) is 0 Å². The average Bonchev–Trinajstić information content (AvgIpc) is 2.74. The van der Waals surface area contributed by atoms with Crippen LogP contribution in [0, 0.1) is 6.92 Å². The second-order valence-corrected chi connectivity index (χ2v) is 5.37. The molecular formula is C14H13F3N4O2. The Kier molecular flexibility index (Phi) is 3.50. The zero-order valence-electron chi connectivity index (χ0n) is 12.1. The molecule has 0 radical (unpaired) electrons. The molecule has 3 amide bonds. The molecule has 0 saturated carbocycles. The van der Waals surface area contributed by atoms with Gasteiger partial charge in [0.05, 0.1) is 5.52 Å². The molecule has 1 aromatic carbocycles. The highest BCUT2D eigenvalue weighted by molar-refractivity contribution is 6.08. The lowest BCUT2D eigenvalue weighted by atomic mass is 10.1. The van der Waals surface area contributed by atoms with Crippen LogP contribution in [0.5, 0.6) is 0 Å². The number of halogens is 3. The van der Waals surface area contributed by atoms with Gasteiger partial charge in [-0.3, -0.25) is 19.7 Å². The molecule has 1 N–H and O–H groups in total. The number of hydrogen-bond acceptors (Lipinski definition) is 3. The third-order valence-corrected chi connectivity index (χ3v) is 3.53. The van der Waals surface area contributed by atoms with E-state index in [4.69, 9.17) is 0 Å². The number of aromatic nitrogens is 2. The third-order valence-electron chi connectivity index (χ3n) is 3.53. The van der Waals surface area contributed by atoms with E-state index in [0.717, 1.165) is 10.2 Å². The molecule has 3 rings (SSSR count). The summed E-state index contributed by atoms with van der Waals surface area (Å²) in [5, 5.41) is 6.55. The summed E-state index contributed by atoms with van der Waals surface area (Å²) in [6.45, 7) is 0.627. The third kappa shape index (κ3) is 2.99. The van der Waals surface area contributed by atoms with Gasteiger partial charge in [0.2, 0.25) is 5.91 Å². The highest BCUT2D eigenvalue weighted by Gasteiger charge is 2.32. The van der Waals surface area contributed by atoms with Crippen LogP contribution in [0.4, 0.5) is 23.8 Å². The number of fused-ring (bicyclic) bond motifs is 1. The lowest BCUT2D eigenvalue weighted by Gasteiger charge is -2.24. The van der Waals surface area contributed by atoms with Crippen molar-refractivity contribution in [3.63, 3.8) is 0 Å². The van der Waals surface area contributed by atoms with Crippen molar-refractivity contribution in [2.75, 3.05) is 11.4 Å². The van der Waals surface area contributed by atoms with Crippen molar-refractivity contribution in [2.45, 2.75) is 26.1 Å². The van der Waals surface area contributed by atoms with Gasteiger partial charge in [0.15, 0.2) is 5.82 Å². The molecule has 1 fully saturated rings. The van der Waals surface area contributed by atoms with Crippen LogP contribution in [0.15, 0.2) is 18.2 Å². The fraction of sp³-hybridized carbons (Fsp3) is 0.357. The number of rotatable bonds is 2. The van der Waals surface area contributed by atoms with Crippen molar-refractivity contribution >= 4 is 28.7 Å². The molecule has 6 nitrogen and oxygen atoms in total. The molecular weight excluding hydrogens is 313 g/mol. The molecule has 0 aliphatic carbocycles.